The number of hydrogen-bond acceptors (Lipinski definition) is 7. The number of terminal acetylenes is 1. The maximum absolute atomic E-state index is 5.71. The van der Waals surface area contributed by atoms with Crippen molar-refractivity contribution in [2.24, 2.45) is 5.92 Å². The fraction of sp³-hybridized carbons (Fsp3) is 0.333. The molecule has 0 aromatic carbocycles. The lowest BCUT2D eigenvalue weighted by Gasteiger charge is -2.08. The number of thiazole rings is 1. The Morgan fingerprint density at radius 3 is 2.43 bits per heavy atom. The Kier molecular flexibility index (Phi) is 8.89. The second-order valence-corrected chi connectivity index (χ2v) is 7.44. The SMILES string of the molecule is C#C.Cc1nc(NCc2cnc(C)s2)cc(OCC2CC2)n1.c1ccncc1. The van der Waals surface area contributed by atoms with Gasteiger partial charge in [-0.2, -0.15) is 4.98 Å². The first-order valence-corrected chi connectivity index (χ1v) is 9.82. The highest BCUT2D eigenvalue weighted by atomic mass is 32.1. The Hall–Kier alpha value is -2.98. The van der Waals surface area contributed by atoms with Gasteiger partial charge in [0.25, 0.3) is 0 Å². The molecule has 146 valence electrons. The Morgan fingerprint density at radius 1 is 1.14 bits per heavy atom. The topological polar surface area (TPSA) is 72.8 Å². The van der Waals surface area contributed by atoms with Crippen LogP contribution in [0.3, 0.4) is 0 Å². The third-order valence-electron chi connectivity index (χ3n) is 3.66. The van der Waals surface area contributed by atoms with Gasteiger partial charge in [-0.1, -0.05) is 6.07 Å². The molecule has 1 N–H and O–H groups in total. The molecule has 0 atom stereocenters. The molecule has 3 aromatic rings. The van der Waals surface area contributed by atoms with E-state index in [0.29, 0.717) is 5.88 Å². The number of nitrogens with one attached hydrogen (secondary N) is 1. The van der Waals surface area contributed by atoms with E-state index in [1.807, 2.05) is 44.3 Å². The van der Waals surface area contributed by atoms with Crippen LogP contribution in [0.4, 0.5) is 5.82 Å². The summed E-state index contributed by atoms with van der Waals surface area (Å²) >= 11 is 1.69. The van der Waals surface area contributed by atoms with Gasteiger partial charge in [0.2, 0.25) is 5.88 Å². The third kappa shape index (κ3) is 8.14. The third-order valence-corrected chi connectivity index (χ3v) is 4.57. The smallest absolute Gasteiger partial charge is 0.218 e. The summed E-state index contributed by atoms with van der Waals surface area (Å²) in [5.74, 6) is 2.91. The van der Waals surface area contributed by atoms with E-state index in [1.165, 1.54) is 17.7 Å². The molecule has 0 aliphatic heterocycles. The number of nitrogens with zero attached hydrogens (tertiary/aromatic N) is 4. The van der Waals surface area contributed by atoms with Crippen molar-refractivity contribution in [2.45, 2.75) is 33.2 Å². The maximum Gasteiger partial charge on any atom is 0.218 e. The molecule has 0 saturated heterocycles. The van der Waals surface area contributed by atoms with Gasteiger partial charge in [-0.3, -0.25) is 4.98 Å². The van der Waals surface area contributed by atoms with Crippen molar-refractivity contribution in [3.8, 4) is 18.7 Å². The molecular formula is C21H25N5OS. The van der Waals surface area contributed by atoms with Gasteiger partial charge in [-0.05, 0) is 44.7 Å². The quantitative estimate of drug-likeness (QED) is 0.628. The van der Waals surface area contributed by atoms with Crippen molar-refractivity contribution < 1.29 is 4.74 Å². The first kappa shape index (κ1) is 21.3. The van der Waals surface area contributed by atoms with Crippen molar-refractivity contribution in [3.63, 3.8) is 0 Å². The Balaban J connectivity index is 0.000000296. The summed E-state index contributed by atoms with van der Waals surface area (Å²) in [6, 6.07) is 7.58. The lowest BCUT2D eigenvalue weighted by molar-refractivity contribution is 0.287. The monoisotopic (exact) mass is 395 g/mol. The predicted molar refractivity (Wildman–Crippen MR) is 113 cm³/mol. The van der Waals surface area contributed by atoms with Crippen LogP contribution in [0.1, 0.15) is 28.6 Å². The van der Waals surface area contributed by atoms with E-state index in [0.717, 1.165) is 35.7 Å². The molecule has 0 unspecified atom stereocenters. The van der Waals surface area contributed by atoms with Crippen LogP contribution < -0.4 is 10.1 Å². The maximum atomic E-state index is 5.71. The van der Waals surface area contributed by atoms with Crippen LogP contribution in [0.2, 0.25) is 0 Å². The minimum atomic E-state index is 0.660. The molecule has 1 saturated carbocycles. The van der Waals surface area contributed by atoms with Crippen LogP contribution in [0.15, 0.2) is 42.9 Å². The highest BCUT2D eigenvalue weighted by molar-refractivity contribution is 7.11. The van der Waals surface area contributed by atoms with Gasteiger partial charge in [-0.15, -0.1) is 24.2 Å². The van der Waals surface area contributed by atoms with Gasteiger partial charge >= 0.3 is 0 Å². The van der Waals surface area contributed by atoms with Gasteiger partial charge in [0.15, 0.2) is 0 Å². The van der Waals surface area contributed by atoms with E-state index in [4.69, 9.17) is 4.74 Å². The van der Waals surface area contributed by atoms with Crippen LogP contribution >= 0.6 is 11.3 Å². The minimum absolute atomic E-state index is 0.660. The zero-order valence-corrected chi connectivity index (χ0v) is 17.0. The molecule has 1 aliphatic rings. The number of rotatable bonds is 6. The zero-order chi connectivity index (χ0) is 20.2. The van der Waals surface area contributed by atoms with Gasteiger partial charge in [0, 0.05) is 29.5 Å². The van der Waals surface area contributed by atoms with Gasteiger partial charge in [-0.25, -0.2) is 9.97 Å². The number of pyridine rings is 1. The predicted octanol–water partition coefficient (Wildman–Crippen LogP) is 4.28. The largest absolute Gasteiger partial charge is 0.477 e. The van der Waals surface area contributed by atoms with Crippen molar-refractivity contribution in [1.82, 2.24) is 19.9 Å². The molecule has 3 aromatic heterocycles. The van der Waals surface area contributed by atoms with Crippen LogP contribution in [0, 0.1) is 32.6 Å². The molecule has 1 fully saturated rings. The summed E-state index contributed by atoms with van der Waals surface area (Å²) < 4.78 is 5.71. The summed E-state index contributed by atoms with van der Waals surface area (Å²) in [6.07, 6.45) is 15.9. The standard InChI is InChI=1S/C14H18N4OS.C5H5N.C2H2/c1-9-17-13(16-7-12-6-15-10(2)20-12)5-14(18-9)19-8-11-3-4-11;1-2-4-6-5-3-1;1-2/h5-6,11H,3-4,7-8H2,1-2H3,(H,16,17,18);1-5H;1-2H. The Morgan fingerprint density at radius 2 is 1.89 bits per heavy atom. The number of ether oxygens (including phenoxy) is 1. The molecule has 6 nitrogen and oxygen atoms in total. The van der Waals surface area contributed by atoms with Gasteiger partial charge < -0.3 is 10.1 Å². The highest BCUT2D eigenvalue weighted by Gasteiger charge is 2.22. The molecule has 0 bridgehead atoms. The van der Waals surface area contributed by atoms with Gasteiger partial charge in [0.05, 0.1) is 18.2 Å². The van der Waals surface area contributed by atoms with E-state index >= 15 is 0 Å². The average Bonchev–Trinajstić information content (AvgIpc) is 3.47. The van der Waals surface area contributed by atoms with Crippen molar-refractivity contribution >= 4 is 17.2 Å². The first-order chi connectivity index (χ1) is 13.7. The van der Waals surface area contributed by atoms with E-state index < -0.39 is 0 Å². The zero-order valence-electron chi connectivity index (χ0n) is 16.2. The molecule has 28 heavy (non-hydrogen) atoms. The van der Waals surface area contributed by atoms with E-state index in [9.17, 15) is 0 Å². The van der Waals surface area contributed by atoms with E-state index in [-0.39, 0.29) is 0 Å². The van der Waals surface area contributed by atoms with Crippen LogP contribution in [-0.2, 0) is 6.54 Å². The first-order valence-electron chi connectivity index (χ1n) is 9.01. The lowest BCUT2D eigenvalue weighted by Crippen LogP contribution is -2.06. The molecule has 0 amide bonds. The van der Waals surface area contributed by atoms with Gasteiger partial charge in [0.1, 0.15) is 11.6 Å². The molecule has 0 spiro atoms. The average molecular weight is 396 g/mol. The van der Waals surface area contributed by atoms with Crippen LogP contribution in [0.5, 0.6) is 5.88 Å². The molecule has 1 aliphatic carbocycles. The number of aromatic nitrogens is 4. The van der Waals surface area contributed by atoms with Crippen LogP contribution in [0.25, 0.3) is 0 Å². The molecule has 3 heterocycles. The lowest BCUT2D eigenvalue weighted by atomic mass is 10.4. The molecule has 0 radical (unpaired) electrons. The summed E-state index contributed by atoms with van der Waals surface area (Å²) in [4.78, 5) is 17.9. The Labute approximate surface area is 170 Å². The second kappa shape index (κ2) is 11.7. The highest BCUT2D eigenvalue weighted by Crippen LogP contribution is 2.29. The van der Waals surface area contributed by atoms with Crippen molar-refractivity contribution in [3.05, 3.63) is 58.6 Å². The fourth-order valence-corrected chi connectivity index (χ4v) is 2.90. The van der Waals surface area contributed by atoms with Crippen LogP contribution in [-0.4, -0.2) is 26.5 Å². The summed E-state index contributed by atoms with van der Waals surface area (Å²) in [6.45, 7) is 5.38. The molecule has 7 heteroatoms. The van der Waals surface area contributed by atoms with Crippen molar-refractivity contribution in [2.75, 3.05) is 11.9 Å². The van der Waals surface area contributed by atoms with E-state index in [1.54, 1.807) is 23.7 Å². The number of aryl methyl sites for hydroxylation is 2. The second-order valence-electron chi connectivity index (χ2n) is 6.12. The van der Waals surface area contributed by atoms with E-state index in [2.05, 4.69) is 38.1 Å². The minimum Gasteiger partial charge on any atom is -0.477 e. The fourth-order valence-electron chi connectivity index (χ4n) is 2.17. The summed E-state index contributed by atoms with van der Waals surface area (Å²) in [7, 11) is 0. The summed E-state index contributed by atoms with van der Waals surface area (Å²) in [5, 5.41) is 4.38. The normalized spacial score (nSPS) is 12.0. The number of anilines is 1. The van der Waals surface area contributed by atoms with Crippen molar-refractivity contribution in [1.29, 1.82) is 0 Å². The molecular weight excluding hydrogens is 370 g/mol. The molecule has 4 rings (SSSR count). The number of hydrogen-bond donors (Lipinski definition) is 1. The summed E-state index contributed by atoms with van der Waals surface area (Å²) in [5.41, 5.74) is 0. The Bertz CT molecular complexity index is 820.